The van der Waals surface area contributed by atoms with Crippen LogP contribution in [0.3, 0.4) is 0 Å². The molecule has 0 saturated carbocycles. The van der Waals surface area contributed by atoms with Gasteiger partial charge in [-0.05, 0) is 31.9 Å². The van der Waals surface area contributed by atoms with Crippen LogP contribution >= 0.6 is 0 Å². The molecular weight excluding hydrogens is 238 g/mol. The second-order valence-electron chi connectivity index (χ2n) is 4.96. The zero-order chi connectivity index (χ0) is 13.7. The maximum atomic E-state index is 4.47. The second-order valence-corrected chi connectivity index (χ2v) is 4.96. The quantitative estimate of drug-likeness (QED) is 0.827. The molecule has 2 aromatic heterocycles. The average Bonchev–Trinajstić information content (AvgIpc) is 2.99. The molecule has 1 atom stereocenters. The van der Waals surface area contributed by atoms with Crippen LogP contribution in [0.25, 0.3) is 0 Å². The Hall–Kier alpha value is -1.62. The van der Waals surface area contributed by atoms with Gasteiger partial charge in [0.2, 0.25) is 0 Å². The van der Waals surface area contributed by atoms with Crippen molar-refractivity contribution in [2.75, 3.05) is 6.54 Å². The lowest BCUT2D eigenvalue weighted by atomic mass is 10.1. The van der Waals surface area contributed by atoms with Crippen molar-refractivity contribution in [3.8, 4) is 0 Å². The van der Waals surface area contributed by atoms with E-state index < -0.39 is 0 Å². The van der Waals surface area contributed by atoms with E-state index in [-0.39, 0.29) is 0 Å². The lowest BCUT2D eigenvalue weighted by Crippen LogP contribution is -2.23. The maximum Gasteiger partial charge on any atom is 0.0947 e. The summed E-state index contributed by atoms with van der Waals surface area (Å²) in [6, 6.07) is 2.39. The Labute approximate surface area is 114 Å². The van der Waals surface area contributed by atoms with E-state index in [1.54, 1.807) is 0 Å². The van der Waals surface area contributed by atoms with Gasteiger partial charge in [0.15, 0.2) is 0 Å². The Bertz CT molecular complexity index is 499. The summed E-state index contributed by atoms with van der Waals surface area (Å²) in [6.07, 6.45) is 8.99. The number of hydrogen-bond donors (Lipinski definition) is 1. The summed E-state index contributed by atoms with van der Waals surface area (Å²) in [5.41, 5.74) is 2.39. The number of hydrogen-bond acceptors (Lipinski definition) is 3. The highest BCUT2D eigenvalue weighted by atomic mass is 15.2. The van der Waals surface area contributed by atoms with Crippen LogP contribution in [-0.4, -0.2) is 25.9 Å². The summed E-state index contributed by atoms with van der Waals surface area (Å²) in [6.45, 7) is 3.20. The third-order valence-corrected chi connectivity index (χ3v) is 3.33. The van der Waals surface area contributed by atoms with Crippen LogP contribution in [0.5, 0.6) is 0 Å². The highest BCUT2D eigenvalue weighted by molar-refractivity contribution is 5.06. The van der Waals surface area contributed by atoms with Crippen molar-refractivity contribution in [3.05, 3.63) is 36.2 Å². The average molecular weight is 261 g/mol. The minimum atomic E-state index is 0.316. The zero-order valence-electron chi connectivity index (χ0n) is 12.0. The van der Waals surface area contributed by atoms with Gasteiger partial charge in [0.25, 0.3) is 0 Å². The molecule has 0 amide bonds. The van der Waals surface area contributed by atoms with E-state index in [1.165, 1.54) is 5.69 Å². The van der Waals surface area contributed by atoms with Crippen LogP contribution in [0, 0.1) is 0 Å². The van der Waals surface area contributed by atoms with E-state index >= 15 is 0 Å². The SMILES string of the molecule is CCCNC(CCc1ccnn1C)c1cn(C)cn1. The number of nitrogens with one attached hydrogen (secondary N) is 1. The van der Waals surface area contributed by atoms with Gasteiger partial charge in [0.05, 0.1) is 18.1 Å². The zero-order valence-corrected chi connectivity index (χ0v) is 12.0. The van der Waals surface area contributed by atoms with Gasteiger partial charge in [-0.15, -0.1) is 0 Å². The molecule has 2 aromatic rings. The summed E-state index contributed by atoms with van der Waals surface area (Å²) in [7, 11) is 4.00. The summed E-state index contributed by atoms with van der Waals surface area (Å²) in [4.78, 5) is 4.47. The standard InChI is InChI=1S/C14H23N5/c1-4-8-15-13(14-10-18(2)11-16-14)6-5-12-7-9-17-19(12)3/h7,9-11,13,15H,4-6,8H2,1-3H3. The molecular formula is C14H23N5. The monoisotopic (exact) mass is 261 g/mol. The van der Waals surface area contributed by atoms with E-state index in [4.69, 9.17) is 0 Å². The number of nitrogens with zero attached hydrogens (tertiary/aromatic N) is 4. The predicted octanol–water partition coefficient (Wildman–Crippen LogP) is 1.83. The Balaban J connectivity index is 1.99. The molecule has 0 saturated heterocycles. The summed E-state index contributed by atoms with van der Waals surface area (Å²) in [5.74, 6) is 0. The molecule has 0 spiro atoms. The van der Waals surface area contributed by atoms with Crippen LogP contribution in [0.2, 0.25) is 0 Å². The van der Waals surface area contributed by atoms with E-state index in [0.29, 0.717) is 6.04 Å². The van der Waals surface area contributed by atoms with Crippen LogP contribution in [0.4, 0.5) is 0 Å². The molecule has 19 heavy (non-hydrogen) atoms. The first-order valence-electron chi connectivity index (χ1n) is 6.88. The molecule has 104 valence electrons. The maximum absolute atomic E-state index is 4.47. The Kier molecular flexibility index (Phi) is 4.74. The number of aromatic nitrogens is 4. The van der Waals surface area contributed by atoms with Crippen molar-refractivity contribution in [1.82, 2.24) is 24.6 Å². The molecule has 1 unspecified atom stereocenters. The highest BCUT2D eigenvalue weighted by Gasteiger charge is 2.14. The number of aryl methyl sites for hydroxylation is 3. The molecule has 0 bridgehead atoms. The number of rotatable bonds is 7. The smallest absolute Gasteiger partial charge is 0.0947 e. The summed E-state index contributed by atoms with van der Waals surface area (Å²) >= 11 is 0. The molecule has 2 rings (SSSR count). The van der Waals surface area contributed by atoms with Gasteiger partial charge in [-0.25, -0.2) is 4.98 Å². The van der Waals surface area contributed by atoms with Gasteiger partial charge in [-0.2, -0.15) is 5.10 Å². The van der Waals surface area contributed by atoms with Crippen LogP contribution in [-0.2, 0) is 20.5 Å². The van der Waals surface area contributed by atoms with E-state index in [1.807, 2.05) is 35.9 Å². The molecule has 0 aliphatic heterocycles. The second kappa shape index (κ2) is 6.52. The molecule has 0 aromatic carbocycles. The van der Waals surface area contributed by atoms with Crippen molar-refractivity contribution in [1.29, 1.82) is 0 Å². The lowest BCUT2D eigenvalue weighted by molar-refractivity contribution is 0.483. The first-order chi connectivity index (χ1) is 9.20. The van der Waals surface area contributed by atoms with E-state index in [0.717, 1.165) is 31.5 Å². The molecule has 1 N–H and O–H groups in total. The molecule has 5 nitrogen and oxygen atoms in total. The van der Waals surface area contributed by atoms with Crippen molar-refractivity contribution < 1.29 is 0 Å². The van der Waals surface area contributed by atoms with Gasteiger partial charge >= 0.3 is 0 Å². The van der Waals surface area contributed by atoms with Gasteiger partial charge in [-0.3, -0.25) is 4.68 Å². The molecule has 0 aliphatic rings. The van der Waals surface area contributed by atoms with E-state index in [2.05, 4.69) is 34.6 Å². The summed E-state index contributed by atoms with van der Waals surface area (Å²) in [5, 5.41) is 7.79. The van der Waals surface area contributed by atoms with Crippen LogP contribution < -0.4 is 5.32 Å². The molecule has 5 heteroatoms. The molecule has 2 heterocycles. The lowest BCUT2D eigenvalue weighted by Gasteiger charge is -2.16. The fourth-order valence-corrected chi connectivity index (χ4v) is 2.22. The van der Waals surface area contributed by atoms with Gasteiger partial charge in [0.1, 0.15) is 0 Å². The van der Waals surface area contributed by atoms with Gasteiger partial charge in [0, 0.05) is 32.2 Å². The Morgan fingerprint density at radius 2 is 2.21 bits per heavy atom. The summed E-state index contributed by atoms with van der Waals surface area (Å²) < 4.78 is 3.94. The van der Waals surface area contributed by atoms with Crippen LogP contribution in [0.15, 0.2) is 24.8 Å². The highest BCUT2D eigenvalue weighted by Crippen LogP contribution is 2.17. The third kappa shape index (κ3) is 3.67. The Morgan fingerprint density at radius 1 is 1.37 bits per heavy atom. The topological polar surface area (TPSA) is 47.7 Å². The first-order valence-corrected chi connectivity index (χ1v) is 6.88. The van der Waals surface area contributed by atoms with Crippen LogP contribution in [0.1, 0.15) is 37.2 Å². The van der Waals surface area contributed by atoms with Crippen molar-refractivity contribution in [2.45, 2.75) is 32.2 Å². The van der Waals surface area contributed by atoms with Crippen molar-refractivity contribution in [2.24, 2.45) is 14.1 Å². The van der Waals surface area contributed by atoms with Gasteiger partial charge < -0.3 is 9.88 Å². The number of imidazole rings is 1. The van der Waals surface area contributed by atoms with Crippen molar-refractivity contribution in [3.63, 3.8) is 0 Å². The third-order valence-electron chi connectivity index (χ3n) is 3.33. The fraction of sp³-hybridized carbons (Fsp3) is 0.571. The molecule has 0 aliphatic carbocycles. The van der Waals surface area contributed by atoms with Gasteiger partial charge in [-0.1, -0.05) is 6.92 Å². The molecule has 0 radical (unpaired) electrons. The van der Waals surface area contributed by atoms with Crippen molar-refractivity contribution >= 4 is 0 Å². The minimum Gasteiger partial charge on any atom is -0.340 e. The fourth-order valence-electron chi connectivity index (χ4n) is 2.22. The first kappa shape index (κ1) is 13.8. The Morgan fingerprint density at radius 3 is 2.79 bits per heavy atom. The molecule has 0 fully saturated rings. The van der Waals surface area contributed by atoms with E-state index in [9.17, 15) is 0 Å². The largest absolute Gasteiger partial charge is 0.340 e. The minimum absolute atomic E-state index is 0.316. The normalized spacial score (nSPS) is 12.8. The predicted molar refractivity (Wildman–Crippen MR) is 75.8 cm³/mol.